The van der Waals surface area contributed by atoms with Gasteiger partial charge in [0.25, 0.3) is 0 Å². The summed E-state index contributed by atoms with van der Waals surface area (Å²) in [5, 5.41) is 5.22. The normalized spacial score (nSPS) is 10.8. The first-order valence-corrected chi connectivity index (χ1v) is 8.22. The molecule has 0 aliphatic rings. The minimum atomic E-state index is 0.477. The van der Waals surface area contributed by atoms with E-state index in [0.717, 1.165) is 39.3 Å². The van der Waals surface area contributed by atoms with E-state index in [-0.39, 0.29) is 0 Å². The molecular weight excluding hydrogens is 320 g/mol. The third-order valence-electron chi connectivity index (χ3n) is 4.22. The SMILES string of the molecule is Cc1ccc(Cn2nc(C=O)c(C)c2-c2ccc(Cl)c(C)c2)cc1. The third kappa shape index (κ3) is 3.13. The van der Waals surface area contributed by atoms with Crippen LogP contribution >= 0.6 is 11.6 Å². The number of rotatable bonds is 4. The summed E-state index contributed by atoms with van der Waals surface area (Å²) in [5.41, 5.74) is 6.71. The molecule has 0 saturated heterocycles. The second kappa shape index (κ2) is 6.62. The van der Waals surface area contributed by atoms with Crippen molar-refractivity contribution in [3.63, 3.8) is 0 Å². The summed E-state index contributed by atoms with van der Waals surface area (Å²) in [4.78, 5) is 11.3. The summed E-state index contributed by atoms with van der Waals surface area (Å²) in [6, 6.07) is 14.2. The quantitative estimate of drug-likeness (QED) is 0.628. The van der Waals surface area contributed by atoms with Crippen LogP contribution in [0.1, 0.15) is 32.7 Å². The molecule has 0 fully saturated rings. The zero-order chi connectivity index (χ0) is 17.3. The lowest BCUT2D eigenvalue weighted by Crippen LogP contribution is -2.04. The molecule has 0 aliphatic heterocycles. The number of carbonyl (C=O) groups is 1. The smallest absolute Gasteiger partial charge is 0.170 e. The van der Waals surface area contributed by atoms with Crippen LogP contribution in [0.15, 0.2) is 42.5 Å². The highest BCUT2D eigenvalue weighted by Crippen LogP contribution is 2.29. The lowest BCUT2D eigenvalue weighted by Gasteiger charge is -2.10. The van der Waals surface area contributed by atoms with Crippen LogP contribution < -0.4 is 0 Å². The fourth-order valence-electron chi connectivity index (χ4n) is 2.82. The first-order valence-electron chi connectivity index (χ1n) is 7.84. The molecule has 3 nitrogen and oxygen atoms in total. The number of aldehydes is 1. The van der Waals surface area contributed by atoms with Crippen molar-refractivity contribution in [3.05, 3.63) is 75.4 Å². The Balaban J connectivity index is 2.10. The summed E-state index contributed by atoms with van der Waals surface area (Å²) in [5.74, 6) is 0. The maximum atomic E-state index is 11.3. The summed E-state index contributed by atoms with van der Waals surface area (Å²) >= 11 is 6.15. The minimum absolute atomic E-state index is 0.477. The molecule has 0 unspecified atom stereocenters. The highest BCUT2D eigenvalue weighted by atomic mass is 35.5. The molecule has 0 atom stereocenters. The van der Waals surface area contributed by atoms with Gasteiger partial charge in [-0.3, -0.25) is 9.48 Å². The van der Waals surface area contributed by atoms with Crippen molar-refractivity contribution in [1.82, 2.24) is 9.78 Å². The molecule has 24 heavy (non-hydrogen) atoms. The number of hydrogen-bond donors (Lipinski definition) is 0. The molecule has 0 amide bonds. The molecule has 0 spiro atoms. The van der Waals surface area contributed by atoms with E-state index in [1.807, 2.05) is 36.7 Å². The zero-order valence-corrected chi connectivity index (χ0v) is 14.8. The molecule has 2 aromatic carbocycles. The van der Waals surface area contributed by atoms with Crippen molar-refractivity contribution in [2.75, 3.05) is 0 Å². The molecule has 0 bridgehead atoms. The highest BCUT2D eigenvalue weighted by molar-refractivity contribution is 6.31. The molecule has 1 aromatic heterocycles. The van der Waals surface area contributed by atoms with Crippen LogP contribution in [0.3, 0.4) is 0 Å². The molecular formula is C20H19ClN2O. The van der Waals surface area contributed by atoms with Crippen LogP contribution in [-0.2, 0) is 6.54 Å². The Morgan fingerprint density at radius 3 is 2.42 bits per heavy atom. The summed E-state index contributed by atoms with van der Waals surface area (Å²) in [6.45, 7) is 6.59. The number of benzene rings is 2. The summed E-state index contributed by atoms with van der Waals surface area (Å²) in [6.07, 6.45) is 0.813. The van der Waals surface area contributed by atoms with Crippen molar-refractivity contribution in [1.29, 1.82) is 0 Å². The molecule has 4 heteroatoms. The van der Waals surface area contributed by atoms with Gasteiger partial charge >= 0.3 is 0 Å². The number of aromatic nitrogens is 2. The third-order valence-corrected chi connectivity index (χ3v) is 4.65. The molecule has 3 aromatic rings. The summed E-state index contributed by atoms with van der Waals surface area (Å²) in [7, 11) is 0. The van der Waals surface area contributed by atoms with E-state index in [2.05, 4.69) is 36.3 Å². The van der Waals surface area contributed by atoms with Crippen LogP contribution in [0.2, 0.25) is 5.02 Å². The van der Waals surface area contributed by atoms with Crippen LogP contribution in [-0.4, -0.2) is 16.1 Å². The average molecular weight is 339 g/mol. The number of nitrogens with zero attached hydrogens (tertiary/aromatic N) is 2. The standard InChI is InChI=1S/C20H19ClN2O/c1-13-4-6-16(7-5-13)11-23-20(15(3)19(12-24)22-23)17-8-9-18(21)14(2)10-17/h4-10,12H,11H2,1-3H3. The Kier molecular flexibility index (Phi) is 4.54. The molecule has 0 N–H and O–H groups in total. The molecule has 3 rings (SSSR count). The van der Waals surface area contributed by atoms with Gasteiger partial charge in [-0.15, -0.1) is 0 Å². The van der Waals surface area contributed by atoms with Crippen molar-refractivity contribution in [2.45, 2.75) is 27.3 Å². The van der Waals surface area contributed by atoms with Gasteiger partial charge in [-0.05, 0) is 44.0 Å². The molecule has 0 aliphatic carbocycles. The van der Waals surface area contributed by atoms with E-state index in [9.17, 15) is 4.79 Å². The van der Waals surface area contributed by atoms with E-state index >= 15 is 0 Å². The number of carbonyl (C=O) groups excluding carboxylic acids is 1. The molecule has 1 heterocycles. The second-order valence-electron chi connectivity index (χ2n) is 6.08. The predicted octanol–water partition coefficient (Wildman–Crippen LogP) is 4.99. The highest BCUT2D eigenvalue weighted by Gasteiger charge is 2.16. The van der Waals surface area contributed by atoms with Crippen LogP contribution in [0.4, 0.5) is 0 Å². The number of hydrogen-bond acceptors (Lipinski definition) is 2. The first kappa shape index (κ1) is 16.5. The van der Waals surface area contributed by atoms with Crippen molar-refractivity contribution in [2.24, 2.45) is 0 Å². The zero-order valence-electron chi connectivity index (χ0n) is 14.0. The minimum Gasteiger partial charge on any atom is -0.296 e. The van der Waals surface area contributed by atoms with E-state index in [1.165, 1.54) is 5.56 Å². The monoisotopic (exact) mass is 338 g/mol. The Hall–Kier alpha value is -2.39. The van der Waals surface area contributed by atoms with Gasteiger partial charge < -0.3 is 0 Å². The van der Waals surface area contributed by atoms with Crippen LogP contribution in [0, 0.1) is 20.8 Å². The Morgan fingerprint density at radius 1 is 1.08 bits per heavy atom. The lowest BCUT2D eigenvalue weighted by atomic mass is 10.0. The molecule has 122 valence electrons. The van der Waals surface area contributed by atoms with Gasteiger partial charge in [0.05, 0.1) is 12.2 Å². The fraction of sp³-hybridized carbons (Fsp3) is 0.200. The van der Waals surface area contributed by atoms with Crippen molar-refractivity contribution >= 4 is 17.9 Å². The van der Waals surface area contributed by atoms with Gasteiger partial charge in [-0.2, -0.15) is 5.10 Å². The van der Waals surface area contributed by atoms with Gasteiger partial charge in [0, 0.05) is 16.1 Å². The Labute approximate surface area is 146 Å². The van der Waals surface area contributed by atoms with Crippen molar-refractivity contribution < 1.29 is 4.79 Å². The maximum absolute atomic E-state index is 11.3. The van der Waals surface area contributed by atoms with E-state index < -0.39 is 0 Å². The summed E-state index contributed by atoms with van der Waals surface area (Å²) < 4.78 is 1.90. The van der Waals surface area contributed by atoms with E-state index in [4.69, 9.17) is 11.6 Å². The van der Waals surface area contributed by atoms with E-state index in [0.29, 0.717) is 12.2 Å². The van der Waals surface area contributed by atoms with Crippen molar-refractivity contribution in [3.8, 4) is 11.3 Å². The first-order chi connectivity index (χ1) is 11.5. The maximum Gasteiger partial charge on any atom is 0.170 e. The fourth-order valence-corrected chi connectivity index (χ4v) is 2.94. The number of aryl methyl sites for hydroxylation is 2. The predicted molar refractivity (Wildman–Crippen MR) is 97.8 cm³/mol. The van der Waals surface area contributed by atoms with Gasteiger partial charge in [0.2, 0.25) is 0 Å². The molecule has 0 radical (unpaired) electrons. The van der Waals surface area contributed by atoms with Crippen LogP contribution in [0.5, 0.6) is 0 Å². The van der Waals surface area contributed by atoms with Gasteiger partial charge in [-0.1, -0.05) is 47.5 Å². The van der Waals surface area contributed by atoms with Crippen LogP contribution in [0.25, 0.3) is 11.3 Å². The Morgan fingerprint density at radius 2 is 1.79 bits per heavy atom. The lowest BCUT2D eigenvalue weighted by molar-refractivity contribution is 0.111. The van der Waals surface area contributed by atoms with E-state index in [1.54, 1.807) is 0 Å². The van der Waals surface area contributed by atoms with Gasteiger partial charge in [0.15, 0.2) is 6.29 Å². The average Bonchev–Trinajstić information content (AvgIpc) is 2.88. The second-order valence-corrected chi connectivity index (χ2v) is 6.49. The van der Waals surface area contributed by atoms with Gasteiger partial charge in [-0.25, -0.2) is 0 Å². The largest absolute Gasteiger partial charge is 0.296 e. The topological polar surface area (TPSA) is 34.9 Å². The number of halogens is 1. The Bertz CT molecular complexity index is 895. The molecule has 0 saturated carbocycles. The van der Waals surface area contributed by atoms with Gasteiger partial charge in [0.1, 0.15) is 5.69 Å².